The van der Waals surface area contributed by atoms with Gasteiger partial charge in [0.2, 0.25) is 17.8 Å². The number of hydrogen-bond donors (Lipinski definition) is 2. The first kappa shape index (κ1) is 25.8. The van der Waals surface area contributed by atoms with E-state index in [0.717, 1.165) is 5.56 Å². The minimum Gasteiger partial charge on any atom is -0.493 e. The summed E-state index contributed by atoms with van der Waals surface area (Å²) in [7, 11) is 6.07. The molecule has 0 saturated carbocycles. The van der Waals surface area contributed by atoms with Gasteiger partial charge >= 0.3 is 12.0 Å². The molecule has 0 unspecified atom stereocenters. The Labute approximate surface area is 204 Å². The lowest BCUT2D eigenvalue weighted by molar-refractivity contribution is -0.128. The highest BCUT2D eigenvalue weighted by Gasteiger charge is 2.27. The van der Waals surface area contributed by atoms with E-state index in [-0.39, 0.29) is 29.9 Å². The molecule has 2 amide bonds. The van der Waals surface area contributed by atoms with Crippen LogP contribution in [0, 0.1) is 0 Å². The molecule has 1 aliphatic rings. The number of methoxy groups -OCH3 is 4. The number of nitrogens with one attached hydrogen (secondary N) is 2. The van der Waals surface area contributed by atoms with E-state index in [1.54, 1.807) is 26.4 Å². The molecule has 1 aromatic heterocycles. The normalized spacial score (nSPS) is 14.6. The van der Waals surface area contributed by atoms with Gasteiger partial charge in [0.15, 0.2) is 11.5 Å². The van der Waals surface area contributed by atoms with Gasteiger partial charge in [-0.2, -0.15) is 9.97 Å². The zero-order valence-electron chi connectivity index (χ0n) is 20.7. The van der Waals surface area contributed by atoms with Crippen molar-refractivity contribution in [3.8, 4) is 23.5 Å². The van der Waals surface area contributed by atoms with Gasteiger partial charge in [0.05, 0.1) is 28.4 Å². The maximum atomic E-state index is 13.1. The number of ether oxygens (including phenoxy) is 4. The number of piperidine rings is 1. The van der Waals surface area contributed by atoms with Gasteiger partial charge in [-0.25, -0.2) is 0 Å². The van der Waals surface area contributed by atoms with Gasteiger partial charge in [0.1, 0.15) is 6.04 Å². The Morgan fingerprint density at radius 2 is 1.60 bits per heavy atom. The molecule has 2 aromatic rings. The van der Waals surface area contributed by atoms with E-state index in [4.69, 9.17) is 18.9 Å². The second-order valence-electron chi connectivity index (χ2n) is 8.03. The van der Waals surface area contributed by atoms with Crippen molar-refractivity contribution in [3.63, 3.8) is 0 Å². The lowest BCUT2D eigenvalue weighted by atomic mass is 10.0. The number of carbonyl (C=O) groups is 2. The van der Waals surface area contributed by atoms with Crippen LogP contribution in [-0.2, 0) is 16.0 Å². The molecular weight excluding hydrogens is 456 g/mol. The molecule has 190 valence electrons. The van der Waals surface area contributed by atoms with Crippen LogP contribution < -0.4 is 34.5 Å². The lowest BCUT2D eigenvalue weighted by Gasteiger charge is -2.33. The Hall–Kier alpha value is -3.83. The number of rotatable bonds is 10. The Morgan fingerprint density at radius 1 is 0.971 bits per heavy atom. The Balaban J connectivity index is 1.62. The molecule has 2 N–H and O–H groups in total. The molecule has 2 heterocycles. The summed E-state index contributed by atoms with van der Waals surface area (Å²) >= 11 is 0. The van der Waals surface area contributed by atoms with Gasteiger partial charge in [-0.05, 0) is 30.5 Å². The van der Waals surface area contributed by atoms with Crippen molar-refractivity contribution < 1.29 is 28.5 Å². The number of benzene rings is 1. The molecule has 1 aliphatic heterocycles. The summed E-state index contributed by atoms with van der Waals surface area (Å²) < 4.78 is 20.9. The van der Waals surface area contributed by atoms with Crippen LogP contribution in [0.3, 0.4) is 0 Å². The fourth-order valence-electron chi connectivity index (χ4n) is 3.88. The van der Waals surface area contributed by atoms with E-state index >= 15 is 0 Å². The van der Waals surface area contributed by atoms with Crippen molar-refractivity contribution in [2.75, 3.05) is 46.4 Å². The minimum atomic E-state index is -0.722. The molecule has 35 heavy (non-hydrogen) atoms. The Kier molecular flexibility index (Phi) is 8.87. The molecule has 0 aliphatic carbocycles. The van der Waals surface area contributed by atoms with Crippen molar-refractivity contribution in [3.05, 3.63) is 23.8 Å². The van der Waals surface area contributed by atoms with E-state index < -0.39 is 6.04 Å². The van der Waals surface area contributed by atoms with Crippen LogP contribution in [0.25, 0.3) is 0 Å². The molecule has 0 bridgehead atoms. The highest BCUT2D eigenvalue weighted by molar-refractivity contribution is 5.87. The fraction of sp³-hybridized carbons (Fsp3) is 0.522. The quantitative estimate of drug-likeness (QED) is 0.493. The van der Waals surface area contributed by atoms with Crippen LogP contribution in [0.2, 0.25) is 0 Å². The lowest BCUT2D eigenvalue weighted by Crippen LogP contribution is -2.52. The summed E-state index contributed by atoms with van der Waals surface area (Å²) in [5, 5.41) is 5.83. The Morgan fingerprint density at radius 3 is 2.14 bits per heavy atom. The molecule has 0 spiro atoms. The van der Waals surface area contributed by atoms with Gasteiger partial charge < -0.3 is 34.5 Å². The summed E-state index contributed by atoms with van der Waals surface area (Å²) in [5.74, 6) is 1.10. The van der Waals surface area contributed by atoms with E-state index in [1.165, 1.54) is 21.1 Å². The van der Waals surface area contributed by atoms with Gasteiger partial charge in [-0.1, -0.05) is 6.07 Å². The first-order valence-corrected chi connectivity index (χ1v) is 11.2. The second kappa shape index (κ2) is 12.0. The van der Waals surface area contributed by atoms with Crippen LogP contribution >= 0.6 is 0 Å². The van der Waals surface area contributed by atoms with Gasteiger partial charge in [0, 0.05) is 32.5 Å². The average molecular weight is 489 g/mol. The van der Waals surface area contributed by atoms with Crippen molar-refractivity contribution in [1.29, 1.82) is 0 Å². The molecular formula is C23H32N6O6. The molecule has 12 nitrogen and oxygen atoms in total. The molecule has 1 aromatic carbocycles. The Bertz CT molecular complexity index is 1010. The molecule has 0 radical (unpaired) electrons. The first-order valence-electron chi connectivity index (χ1n) is 11.2. The SMILES string of the molecule is COc1nc(OC)nc(N2CCC(NC(=O)[C@H](Cc3ccc(OC)c(OC)c3)NC(C)=O)CC2)n1. The number of nitrogens with zero attached hydrogens (tertiary/aromatic N) is 4. The summed E-state index contributed by atoms with van der Waals surface area (Å²) in [6.07, 6.45) is 1.69. The second-order valence-corrected chi connectivity index (χ2v) is 8.03. The summed E-state index contributed by atoms with van der Waals surface area (Å²) in [4.78, 5) is 39.5. The summed E-state index contributed by atoms with van der Waals surface area (Å²) in [6.45, 7) is 2.65. The number of anilines is 1. The van der Waals surface area contributed by atoms with Gasteiger partial charge in [0.25, 0.3) is 0 Å². The number of carbonyl (C=O) groups excluding carboxylic acids is 2. The van der Waals surface area contributed by atoms with Crippen LogP contribution in [0.15, 0.2) is 18.2 Å². The van der Waals surface area contributed by atoms with E-state index in [1.807, 2.05) is 11.0 Å². The third-order valence-corrected chi connectivity index (χ3v) is 5.65. The smallest absolute Gasteiger partial charge is 0.324 e. The van der Waals surface area contributed by atoms with Gasteiger partial charge in [-0.15, -0.1) is 4.98 Å². The molecule has 1 atom stereocenters. The minimum absolute atomic E-state index is 0.0500. The molecule has 1 fully saturated rings. The standard InChI is InChI=1S/C23H32N6O6/c1-14(30)24-17(12-15-6-7-18(32-2)19(13-15)33-3)20(31)25-16-8-10-29(11-9-16)21-26-22(34-4)28-23(27-21)35-5/h6-7,13,16-17H,8-12H2,1-5H3,(H,24,30)(H,25,31)/t17-/m0/s1. The van der Waals surface area contributed by atoms with E-state index in [9.17, 15) is 9.59 Å². The maximum Gasteiger partial charge on any atom is 0.324 e. The van der Waals surface area contributed by atoms with E-state index in [0.29, 0.717) is 49.8 Å². The molecule has 3 rings (SSSR count). The summed E-state index contributed by atoms with van der Waals surface area (Å²) in [6, 6.07) is 5.01. The number of aromatic nitrogens is 3. The predicted octanol–water partition coefficient (Wildman–Crippen LogP) is 0.738. The first-order chi connectivity index (χ1) is 16.9. The largest absolute Gasteiger partial charge is 0.493 e. The van der Waals surface area contributed by atoms with Crippen LogP contribution in [-0.4, -0.2) is 80.4 Å². The zero-order valence-corrected chi connectivity index (χ0v) is 20.7. The van der Waals surface area contributed by atoms with Crippen LogP contribution in [0.1, 0.15) is 25.3 Å². The van der Waals surface area contributed by atoms with Crippen molar-refractivity contribution >= 4 is 17.8 Å². The molecule has 12 heteroatoms. The van der Waals surface area contributed by atoms with E-state index in [2.05, 4.69) is 25.6 Å². The third kappa shape index (κ3) is 6.84. The van der Waals surface area contributed by atoms with Crippen molar-refractivity contribution in [1.82, 2.24) is 25.6 Å². The molecule has 1 saturated heterocycles. The van der Waals surface area contributed by atoms with Crippen LogP contribution in [0.4, 0.5) is 5.95 Å². The number of amides is 2. The van der Waals surface area contributed by atoms with Crippen LogP contribution in [0.5, 0.6) is 23.5 Å². The monoisotopic (exact) mass is 488 g/mol. The number of hydrogen-bond acceptors (Lipinski definition) is 10. The highest BCUT2D eigenvalue weighted by Crippen LogP contribution is 2.28. The average Bonchev–Trinajstić information content (AvgIpc) is 2.87. The summed E-state index contributed by atoms with van der Waals surface area (Å²) in [5.41, 5.74) is 0.837. The zero-order chi connectivity index (χ0) is 25.4. The topological polar surface area (TPSA) is 137 Å². The van der Waals surface area contributed by atoms with Crippen molar-refractivity contribution in [2.45, 2.75) is 38.3 Å². The van der Waals surface area contributed by atoms with Gasteiger partial charge in [-0.3, -0.25) is 9.59 Å². The fourth-order valence-corrected chi connectivity index (χ4v) is 3.88. The maximum absolute atomic E-state index is 13.1. The van der Waals surface area contributed by atoms with Crippen molar-refractivity contribution in [2.24, 2.45) is 0 Å². The highest BCUT2D eigenvalue weighted by atomic mass is 16.5. The third-order valence-electron chi connectivity index (χ3n) is 5.65. The predicted molar refractivity (Wildman–Crippen MR) is 127 cm³/mol.